The molecule has 5 nitrogen and oxygen atoms in total. The predicted molar refractivity (Wildman–Crippen MR) is 90.2 cm³/mol. The van der Waals surface area contributed by atoms with Crippen molar-refractivity contribution in [3.05, 3.63) is 23.8 Å². The summed E-state index contributed by atoms with van der Waals surface area (Å²) in [6.07, 6.45) is 4.58. The molecule has 0 spiro atoms. The summed E-state index contributed by atoms with van der Waals surface area (Å²) in [4.78, 5) is 0. The first-order valence-corrected chi connectivity index (χ1v) is 8.09. The van der Waals surface area contributed by atoms with E-state index in [0.29, 0.717) is 18.5 Å². The first kappa shape index (κ1) is 15.1. The topological polar surface area (TPSA) is 54.9 Å². The number of hydrogen-bond acceptors (Lipinski definition) is 4. The van der Waals surface area contributed by atoms with Crippen LogP contribution in [0.4, 0.5) is 0 Å². The van der Waals surface area contributed by atoms with Gasteiger partial charge in [0.1, 0.15) is 0 Å². The van der Waals surface area contributed by atoms with Crippen LogP contribution in [0.3, 0.4) is 0 Å². The van der Waals surface area contributed by atoms with E-state index < -0.39 is 0 Å². The van der Waals surface area contributed by atoms with Gasteiger partial charge in [-0.05, 0) is 61.5 Å². The molecule has 1 saturated carbocycles. The second kappa shape index (κ2) is 6.96. The molecule has 0 aromatic heterocycles. The lowest BCUT2D eigenvalue weighted by molar-refractivity contribution is 0.174. The summed E-state index contributed by atoms with van der Waals surface area (Å²) in [5.74, 6) is 2.40. The minimum atomic E-state index is 0.294. The zero-order chi connectivity index (χ0) is 15.4. The fraction of sp³-hybridized carbons (Fsp3) is 0.500. The fourth-order valence-electron chi connectivity index (χ4n) is 2.61. The van der Waals surface area contributed by atoms with Gasteiger partial charge < -0.3 is 14.8 Å². The van der Waals surface area contributed by atoms with Crippen LogP contribution in [-0.4, -0.2) is 17.6 Å². The first-order valence-electron chi connectivity index (χ1n) is 7.68. The molecule has 1 aromatic carbocycles. The van der Waals surface area contributed by atoms with E-state index in [9.17, 15) is 0 Å². The van der Waals surface area contributed by atoms with E-state index in [-0.39, 0.29) is 0 Å². The van der Waals surface area contributed by atoms with Crippen LogP contribution in [0.1, 0.15) is 38.2 Å². The Bertz CT molecular complexity index is 579. The van der Waals surface area contributed by atoms with Gasteiger partial charge in [-0.15, -0.1) is 0 Å². The van der Waals surface area contributed by atoms with Gasteiger partial charge in [0, 0.05) is 12.3 Å². The van der Waals surface area contributed by atoms with E-state index in [0.717, 1.165) is 35.8 Å². The van der Waals surface area contributed by atoms with Crippen molar-refractivity contribution < 1.29 is 9.47 Å². The summed E-state index contributed by atoms with van der Waals surface area (Å²) in [7, 11) is 0. The van der Waals surface area contributed by atoms with E-state index in [1.165, 1.54) is 18.6 Å². The zero-order valence-electron chi connectivity index (χ0n) is 12.7. The van der Waals surface area contributed by atoms with Crippen molar-refractivity contribution in [3.63, 3.8) is 0 Å². The highest BCUT2D eigenvalue weighted by atomic mass is 32.1. The summed E-state index contributed by atoms with van der Waals surface area (Å²) in [5.41, 5.74) is 5.25. The zero-order valence-corrected chi connectivity index (χ0v) is 13.5. The Morgan fingerprint density at radius 1 is 1.27 bits per heavy atom. The van der Waals surface area contributed by atoms with Crippen molar-refractivity contribution in [2.75, 3.05) is 6.79 Å². The lowest BCUT2D eigenvalue weighted by atomic mass is 9.90. The highest BCUT2D eigenvalue weighted by Gasteiger charge is 2.14. The summed E-state index contributed by atoms with van der Waals surface area (Å²) in [6.45, 7) is 3.22. The lowest BCUT2D eigenvalue weighted by Gasteiger charge is -2.19. The van der Waals surface area contributed by atoms with Gasteiger partial charge in [0.25, 0.3) is 0 Å². The second-order valence-electron chi connectivity index (χ2n) is 5.84. The number of hydrogen-bond donors (Lipinski definition) is 2. The van der Waals surface area contributed by atoms with Crippen molar-refractivity contribution in [1.82, 2.24) is 10.7 Å². The van der Waals surface area contributed by atoms with Gasteiger partial charge in [0.2, 0.25) is 6.79 Å². The molecule has 0 amide bonds. The largest absolute Gasteiger partial charge is 0.454 e. The second-order valence-corrected chi connectivity index (χ2v) is 6.25. The standard InChI is InChI=1S/C16H21N3O2S/c1-11-2-5-13(6-3-11)18-19-16(22)17-9-12-4-7-14-15(8-12)21-10-20-14/h4,7-8,11H,2-3,5-6,9-10H2,1H3,(H2,17,19,22). The van der Waals surface area contributed by atoms with Gasteiger partial charge in [-0.1, -0.05) is 13.0 Å². The van der Waals surface area contributed by atoms with Crippen molar-refractivity contribution in [1.29, 1.82) is 0 Å². The molecular weight excluding hydrogens is 298 g/mol. The molecule has 118 valence electrons. The van der Waals surface area contributed by atoms with Gasteiger partial charge in [-0.2, -0.15) is 5.10 Å². The molecule has 0 radical (unpaired) electrons. The molecule has 2 aliphatic rings. The van der Waals surface area contributed by atoms with E-state index >= 15 is 0 Å². The van der Waals surface area contributed by atoms with Crippen molar-refractivity contribution in [2.45, 2.75) is 39.2 Å². The number of benzene rings is 1. The van der Waals surface area contributed by atoms with E-state index in [1.54, 1.807) is 0 Å². The number of rotatable bonds is 3. The highest BCUT2D eigenvalue weighted by Crippen LogP contribution is 2.32. The summed E-state index contributed by atoms with van der Waals surface area (Å²) in [6, 6.07) is 5.88. The third-order valence-corrected chi connectivity index (χ3v) is 4.29. The van der Waals surface area contributed by atoms with E-state index in [2.05, 4.69) is 22.8 Å². The number of ether oxygens (including phenoxy) is 2. The summed E-state index contributed by atoms with van der Waals surface area (Å²) < 4.78 is 10.7. The molecule has 1 aromatic rings. The first-order chi connectivity index (χ1) is 10.7. The molecule has 0 unspecified atom stereocenters. The molecule has 3 rings (SSSR count). The molecular formula is C16H21N3O2S. The molecule has 22 heavy (non-hydrogen) atoms. The molecule has 0 saturated heterocycles. The Labute approximate surface area is 136 Å². The van der Waals surface area contributed by atoms with Gasteiger partial charge in [-0.3, -0.25) is 5.43 Å². The maximum Gasteiger partial charge on any atom is 0.231 e. The van der Waals surface area contributed by atoms with Crippen LogP contribution in [-0.2, 0) is 6.54 Å². The minimum Gasteiger partial charge on any atom is -0.454 e. The Morgan fingerprint density at radius 2 is 2.05 bits per heavy atom. The molecule has 0 bridgehead atoms. The minimum absolute atomic E-state index is 0.294. The van der Waals surface area contributed by atoms with Crippen LogP contribution in [0.5, 0.6) is 11.5 Å². The van der Waals surface area contributed by atoms with Crippen LogP contribution >= 0.6 is 12.2 Å². The van der Waals surface area contributed by atoms with Crippen molar-refractivity contribution in [2.24, 2.45) is 11.0 Å². The van der Waals surface area contributed by atoms with Crippen LogP contribution in [0, 0.1) is 5.92 Å². The maximum absolute atomic E-state index is 5.36. The Hall–Kier alpha value is -1.82. The lowest BCUT2D eigenvalue weighted by Crippen LogP contribution is -2.32. The molecule has 2 N–H and O–H groups in total. The van der Waals surface area contributed by atoms with Crippen LogP contribution in [0.15, 0.2) is 23.3 Å². The smallest absolute Gasteiger partial charge is 0.231 e. The van der Waals surface area contributed by atoms with Crippen LogP contribution in [0.25, 0.3) is 0 Å². The maximum atomic E-state index is 5.36. The Balaban J connectivity index is 1.45. The third kappa shape index (κ3) is 3.88. The number of nitrogens with one attached hydrogen (secondary N) is 2. The van der Waals surface area contributed by atoms with E-state index in [1.807, 2.05) is 18.2 Å². The number of thiocarbonyl (C=S) groups is 1. The number of nitrogens with zero attached hydrogens (tertiary/aromatic N) is 1. The predicted octanol–water partition coefficient (Wildman–Crippen LogP) is 2.95. The van der Waals surface area contributed by atoms with Gasteiger partial charge in [0.15, 0.2) is 16.6 Å². The molecule has 1 aliphatic carbocycles. The van der Waals surface area contributed by atoms with Gasteiger partial charge >= 0.3 is 0 Å². The normalized spacial score (nSPS) is 19.7. The third-order valence-electron chi connectivity index (χ3n) is 4.06. The molecule has 6 heteroatoms. The Morgan fingerprint density at radius 3 is 2.86 bits per heavy atom. The molecule has 1 fully saturated rings. The monoisotopic (exact) mass is 319 g/mol. The van der Waals surface area contributed by atoms with Crippen molar-refractivity contribution in [3.8, 4) is 11.5 Å². The van der Waals surface area contributed by atoms with Crippen molar-refractivity contribution >= 4 is 23.0 Å². The van der Waals surface area contributed by atoms with E-state index in [4.69, 9.17) is 21.7 Å². The molecule has 0 atom stereocenters. The number of hydrazone groups is 1. The average molecular weight is 319 g/mol. The summed E-state index contributed by atoms with van der Waals surface area (Å²) >= 11 is 5.26. The highest BCUT2D eigenvalue weighted by molar-refractivity contribution is 7.80. The van der Waals surface area contributed by atoms with Crippen LogP contribution < -0.4 is 20.2 Å². The molecule has 1 aliphatic heterocycles. The molecule has 1 heterocycles. The fourth-order valence-corrected chi connectivity index (χ4v) is 2.73. The van der Waals surface area contributed by atoms with Gasteiger partial charge in [-0.25, -0.2) is 0 Å². The SMILES string of the molecule is CC1CCC(=NNC(=S)NCc2ccc3c(c2)OCO3)CC1. The van der Waals surface area contributed by atoms with Crippen LogP contribution in [0.2, 0.25) is 0 Å². The van der Waals surface area contributed by atoms with Gasteiger partial charge in [0.05, 0.1) is 0 Å². The quantitative estimate of drug-likeness (QED) is 0.663. The summed E-state index contributed by atoms with van der Waals surface area (Å²) in [5, 5.41) is 8.11. The Kier molecular flexibility index (Phi) is 4.77. The average Bonchev–Trinajstić information content (AvgIpc) is 3.00. The number of fused-ring (bicyclic) bond motifs is 1.